The molecular formula is C13H14BrNOS. The van der Waals surface area contributed by atoms with Crippen LogP contribution in [0.15, 0.2) is 40.2 Å². The Kier molecular flexibility index (Phi) is 4.20. The number of thiophene rings is 1. The van der Waals surface area contributed by atoms with E-state index in [0.29, 0.717) is 6.54 Å². The summed E-state index contributed by atoms with van der Waals surface area (Å²) in [6, 6.07) is 9.97. The number of benzene rings is 1. The van der Waals surface area contributed by atoms with Gasteiger partial charge in [0.2, 0.25) is 0 Å². The van der Waals surface area contributed by atoms with Crippen molar-refractivity contribution in [2.45, 2.75) is 13.0 Å². The second kappa shape index (κ2) is 5.67. The van der Waals surface area contributed by atoms with Crippen molar-refractivity contribution in [2.24, 2.45) is 0 Å². The lowest BCUT2D eigenvalue weighted by molar-refractivity contribution is 0.195. The first-order valence-electron chi connectivity index (χ1n) is 5.38. The molecule has 0 saturated carbocycles. The number of aliphatic hydroxyl groups is 1. The van der Waals surface area contributed by atoms with Crippen molar-refractivity contribution < 1.29 is 5.11 Å². The number of anilines is 1. The van der Waals surface area contributed by atoms with Gasteiger partial charge in [-0.2, -0.15) is 0 Å². The summed E-state index contributed by atoms with van der Waals surface area (Å²) in [6.45, 7) is 2.58. The second-order valence-electron chi connectivity index (χ2n) is 3.87. The van der Waals surface area contributed by atoms with Gasteiger partial charge in [0.25, 0.3) is 0 Å². The Hall–Kier alpha value is -0.840. The van der Waals surface area contributed by atoms with E-state index in [1.54, 1.807) is 11.3 Å². The fraction of sp³-hybridized carbons (Fsp3) is 0.231. The number of hydrogen-bond donors (Lipinski definition) is 2. The van der Waals surface area contributed by atoms with Crippen LogP contribution in [0.3, 0.4) is 0 Å². The fourth-order valence-corrected chi connectivity index (χ4v) is 2.80. The molecule has 1 aromatic heterocycles. The van der Waals surface area contributed by atoms with Gasteiger partial charge in [0, 0.05) is 21.6 Å². The molecular weight excluding hydrogens is 298 g/mol. The highest BCUT2D eigenvalue weighted by atomic mass is 79.9. The Morgan fingerprint density at radius 1 is 1.41 bits per heavy atom. The van der Waals surface area contributed by atoms with E-state index in [9.17, 15) is 5.11 Å². The first-order valence-corrected chi connectivity index (χ1v) is 7.05. The topological polar surface area (TPSA) is 32.3 Å². The summed E-state index contributed by atoms with van der Waals surface area (Å²) in [5.74, 6) is 0. The van der Waals surface area contributed by atoms with Gasteiger partial charge < -0.3 is 10.4 Å². The number of rotatable bonds is 4. The Morgan fingerprint density at radius 2 is 2.24 bits per heavy atom. The lowest BCUT2D eigenvalue weighted by atomic mass is 10.2. The zero-order chi connectivity index (χ0) is 12.3. The highest BCUT2D eigenvalue weighted by Crippen LogP contribution is 2.22. The largest absolute Gasteiger partial charge is 0.386 e. The number of aliphatic hydroxyl groups excluding tert-OH is 1. The third-order valence-corrected chi connectivity index (χ3v) is 4.01. The molecule has 0 bridgehead atoms. The standard InChI is InChI=1S/C13H14BrNOS/c1-9-7-10(14)4-5-11(9)15-8-12(16)13-3-2-6-17-13/h2-7,12,15-16H,8H2,1H3. The van der Waals surface area contributed by atoms with E-state index in [-0.39, 0.29) is 0 Å². The molecule has 4 heteroatoms. The minimum absolute atomic E-state index is 0.446. The van der Waals surface area contributed by atoms with E-state index in [1.165, 1.54) is 0 Å². The molecule has 2 N–H and O–H groups in total. The van der Waals surface area contributed by atoms with Crippen LogP contribution in [0.25, 0.3) is 0 Å². The van der Waals surface area contributed by atoms with Crippen LogP contribution in [0.1, 0.15) is 16.5 Å². The van der Waals surface area contributed by atoms with Crippen LogP contribution >= 0.6 is 27.3 Å². The summed E-state index contributed by atoms with van der Waals surface area (Å²) in [4.78, 5) is 0.993. The Balaban J connectivity index is 1.98. The van der Waals surface area contributed by atoms with Gasteiger partial charge in [0.15, 0.2) is 0 Å². The highest BCUT2D eigenvalue weighted by Gasteiger charge is 2.08. The molecule has 90 valence electrons. The van der Waals surface area contributed by atoms with Crippen LogP contribution in [0, 0.1) is 6.92 Å². The molecule has 0 saturated heterocycles. The molecule has 0 aliphatic carbocycles. The summed E-state index contributed by atoms with van der Waals surface area (Å²) < 4.78 is 1.07. The van der Waals surface area contributed by atoms with Crippen molar-refractivity contribution >= 4 is 33.0 Å². The normalized spacial score (nSPS) is 12.4. The third kappa shape index (κ3) is 3.31. The lowest BCUT2D eigenvalue weighted by Crippen LogP contribution is -2.11. The lowest BCUT2D eigenvalue weighted by Gasteiger charge is -2.13. The second-order valence-corrected chi connectivity index (χ2v) is 5.77. The highest BCUT2D eigenvalue weighted by molar-refractivity contribution is 9.10. The summed E-state index contributed by atoms with van der Waals surface area (Å²) in [6.07, 6.45) is -0.446. The Morgan fingerprint density at radius 3 is 2.88 bits per heavy atom. The molecule has 0 fully saturated rings. The molecule has 17 heavy (non-hydrogen) atoms. The molecule has 1 heterocycles. The van der Waals surface area contributed by atoms with E-state index >= 15 is 0 Å². The first kappa shape index (κ1) is 12.6. The monoisotopic (exact) mass is 311 g/mol. The molecule has 0 radical (unpaired) electrons. The van der Waals surface area contributed by atoms with Crippen LogP contribution in [-0.2, 0) is 0 Å². The van der Waals surface area contributed by atoms with Crippen molar-refractivity contribution in [3.05, 3.63) is 50.6 Å². The van der Waals surface area contributed by atoms with Gasteiger partial charge in [0.05, 0.1) is 0 Å². The predicted molar refractivity (Wildman–Crippen MR) is 76.6 cm³/mol. The average Bonchev–Trinajstić information content (AvgIpc) is 2.81. The van der Waals surface area contributed by atoms with E-state index in [0.717, 1.165) is 20.6 Å². The van der Waals surface area contributed by atoms with Gasteiger partial charge in [-0.3, -0.25) is 0 Å². The summed E-state index contributed by atoms with van der Waals surface area (Å²) in [5, 5.41) is 15.2. The van der Waals surface area contributed by atoms with E-state index in [2.05, 4.69) is 27.3 Å². The molecule has 2 nitrogen and oxygen atoms in total. The van der Waals surface area contributed by atoms with Crippen LogP contribution < -0.4 is 5.32 Å². The van der Waals surface area contributed by atoms with Crippen molar-refractivity contribution in [3.8, 4) is 0 Å². The first-order chi connectivity index (χ1) is 8.16. The van der Waals surface area contributed by atoms with Crippen molar-refractivity contribution in [3.63, 3.8) is 0 Å². The average molecular weight is 312 g/mol. The number of nitrogens with one attached hydrogen (secondary N) is 1. The zero-order valence-corrected chi connectivity index (χ0v) is 11.9. The summed E-state index contributed by atoms with van der Waals surface area (Å²) >= 11 is 5.01. The molecule has 0 spiro atoms. The number of halogens is 1. The molecule has 0 aliphatic heterocycles. The summed E-state index contributed by atoms with van der Waals surface area (Å²) in [5.41, 5.74) is 2.22. The van der Waals surface area contributed by atoms with Gasteiger partial charge in [-0.15, -0.1) is 11.3 Å². The van der Waals surface area contributed by atoms with Gasteiger partial charge in [-0.25, -0.2) is 0 Å². The van der Waals surface area contributed by atoms with Gasteiger partial charge in [-0.1, -0.05) is 22.0 Å². The minimum Gasteiger partial charge on any atom is -0.386 e. The molecule has 1 aromatic carbocycles. The van der Waals surface area contributed by atoms with Crippen LogP contribution in [0.2, 0.25) is 0 Å². The SMILES string of the molecule is Cc1cc(Br)ccc1NCC(O)c1cccs1. The van der Waals surface area contributed by atoms with Crippen molar-refractivity contribution in [1.29, 1.82) is 0 Å². The quantitative estimate of drug-likeness (QED) is 0.895. The molecule has 0 amide bonds. The van der Waals surface area contributed by atoms with E-state index in [1.807, 2.05) is 36.6 Å². The predicted octanol–water partition coefficient (Wildman–Crippen LogP) is 3.96. The maximum absolute atomic E-state index is 9.95. The molecule has 2 rings (SSSR count). The maximum Gasteiger partial charge on any atom is 0.105 e. The van der Waals surface area contributed by atoms with Crippen molar-refractivity contribution in [2.75, 3.05) is 11.9 Å². The number of hydrogen-bond acceptors (Lipinski definition) is 3. The molecule has 0 aliphatic rings. The fourth-order valence-electron chi connectivity index (χ4n) is 1.61. The van der Waals surface area contributed by atoms with E-state index < -0.39 is 6.10 Å². The smallest absolute Gasteiger partial charge is 0.105 e. The Labute approximate surface area is 113 Å². The molecule has 2 aromatic rings. The zero-order valence-electron chi connectivity index (χ0n) is 9.48. The molecule has 1 unspecified atom stereocenters. The number of aryl methyl sites for hydroxylation is 1. The van der Waals surface area contributed by atoms with Crippen LogP contribution in [-0.4, -0.2) is 11.7 Å². The van der Waals surface area contributed by atoms with Crippen LogP contribution in [0.4, 0.5) is 5.69 Å². The third-order valence-electron chi connectivity index (χ3n) is 2.55. The van der Waals surface area contributed by atoms with E-state index in [4.69, 9.17) is 0 Å². The van der Waals surface area contributed by atoms with Crippen LogP contribution in [0.5, 0.6) is 0 Å². The molecule has 1 atom stereocenters. The van der Waals surface area contributed by atoms with Gasteiger partial charge in [0.1, 0.15) is 6.10 Å². The van der Waals surface area contributed by atoms with Crippen molar-refractivity contribution in [1.82, 2.24) is 0 Å². The van der Waals surface area contributed by atoms with Gasteiger partial charge >= 0.3 is 0 Å². The maximum atomic E-state index is 9.95. The minimum atomic E-state index is -0.446. The van der Waals surface area contributed by atoms with Gasteiger partial charge in [-0.05, 0) is 42.1 Å². The summed E-state index contributed by atoms with van der Waals surface area (Å²) in [7, 11) is 0. The Bertz CT molecular complexity index is 484.